The monoisotopic (exact) mass is 468 g/mol. The summed E-state index contributed by atoms with van der Waals surface area (Å²) in [6, 6.07) is 29.6. The Hall–Kier alpha value is -4.39. The lowest BCUT2D eigenvalue weighted by atomic mass is 9.91. The van der Waals surface area contributed by atoms with Gasteiger partial charge in [0.1, 0.15) is 12.3 Å². The molecule has 2 amide bonds. The molecular formula is C28H28N4O3. The van der Waals surface area contributed by atoms with Crippen molar-refractivity contribution in [2.24, 2.45) is 0 Å². The van der Waals surface area contributed by atoms with Crippen LogP contribution in [0.25, 0.3) is 0 Å². The van der Waals surface area contributed by atoms with Crippen LogP contribution in [0.5, 0.6) is 5.75 Å². The second kappa shape index (κ2) is 12.2. The minimum Gasteiger partial charge on any atom is -0.493 e. The van der Waals surface area contributed by atoms with Crippen LogP contribution in [-0.2, 0) is 16.1 Å². The summed E-state index contributed by atoms with van der Waals surface area (Å²) in [7, 11) is 0. The Morgan fingerprint density at radius 2 is 1.43 bits per heavy atom. The Kier molecular flexibility index (Phi) is 8.27. The smallest absolute Gasteiger partial charge is 0.241 e. The number of benzene rings is 3. The molecule has 2 N–H and O–H groups in total. The van der Waals surface area contributed by atoms with Gasteiger partial charge in [-0.25, -0.2) is 0 Å². The molecule has 4 rings (SSSR count). The Morgan fingerprint density at radius 1 is 0.829 bits per heavy atom. The number of amides is 2. The van der Waals surface area contributed by atoms with Gasteiger partial charge in [0.05, 0.1) is 24.9 Å². The number of carbonyl (C=O) groups is 2. The zero-order valence-corrected chi connectivity index (χ0v) is 19.3. The van der Waals surface area contributed by atoms with E-state index in [2.05, 4.69) is 40.0 Å². The van der Waals surface area contributed by atoms with Crippen LogP contribution in [0.4, 0.5) is 5.69 Å². The molecule has 4 aromatic rings. The van der Waals surface area contributed by atoms with Crippen molar-refractivity contribution in [2.75, 3.05) is 18.5 Å². The highest BCUT2D eigenvalue weighted by Crippen LogP contribution is 2.23. The van der Waals surface area contributed by atoms with Crippen molar-refractivity contribution in [3.63, 3.8) is 0 Å². The van der Waals surface area contributed by atoms with Gasteiger partial charge in [0.15, 0.2) is 0 Å². The van der Waals surface area contributed by atoms with Gasteiger partial charge in [-0.15, -0.1) is 0 Å². The molecule has 0 aliphatic carbocycles. The Bertz CT molecular complexity index is 1170. The minimum atomic E-state index is -0.182. The van der Waals surface area contributed by atoms with E-state index in [4.69, 9.17) is 4.74 Å². The molecule has 7 heteroatoms. The zero-order valence-electron chi connectivity index (χ0n) is 19.3. The molecule has 7 nitrogen and oxygen atoms in total. The summed E-state index contributed by atoms with van der Waals surface area (Å²) < 4.78 is 7.05. The number of ether oxygens (including phenoxy) is 1. The molecule has 35 heavy (non-hydrogen) atoms. The normalized spacial score (nSPS) is 10.7. The van der Waals surface area contributed by atoms with Crippen LogP contribution in [0, 0.1) is 0 Å². The van der Waals surface area contributed by atoms with E-state index in [-0.39, 0.29) is 37.3 Å². The van der Waals surface area contributed by atoms with E-state index < -0.39 is 0 Å². The molecule has 0 atom stereocenters. The average Bonchev–Trinajstić information content (AvgIpc) is 3.32. The number of anilines is 1. The molecule has 0 saturated heterocycles. The molecule has 0 aliphatic rings. The highest BCUT2D eigenvalue weighted by atomic mass is 16.5. The summed E-state index contributed by atoms with van der Waals surface area (Å²) in [5, 5.41) is 9.99. The summed E-state index contributed by atoms with van der Waals surface area (Å²) >= 11 is 0. The second-order valence-corrected chi connectivity index (χ2v) is 8.06. The van der Waals surface area contributed by atoms with Crippen LogP contribution in [0.2, 0.25) is 0 Å². The lowest BCUT2D eigenvalue weighted by molar-refractivity contribution is -0.122. The van der Waals surface area contributed by atoms with E-state index >= 15 is 0 Å². The maximum Gasteiger partial charge on any atom is 0.241 e. The lowest BCUT2D eigenvalue weighted by Crippen LogP contribution is -2.32. The molecule has 178 valence electrons. The van der Waals surface area contributed by atoms with E-state index in [1.165, 1.54) is 10.9 Å². The second-order valence-electron chi connectivity index (χ2n) is 8.06. The molecule has 0 unspecified atom stereocenters. The van der Waals surface area contributed by atoms with Gasteiger partial charge in [0, 0.05) is 18.7 Å². The first kappa shape index (κ1) is 23.8. The maximum atomic E-state index is 12.6. The van der Waals surface area contributed by atoms with E-state index in [1.807, 2.05) is 66.7 Å². The molecule has 3 aromatic carbocycles. The molecule has 0 bridgehead atoms. The summed E-state index contributed by atoms with van der Waals surface area (Å²) in [4.78, 5) is 24.8. The third-order valence-electron chi connectivity index (χ3n) is 5.47. The average molecular weight is 469 g/mol. The van der Waals surface area contributed by atoms with Crippen molar-refractivity contribution in [2.45, 2.75) is 18.9 Å². The highest BCUT2D eigenvalue weighted by Gasteiger charge is 2.15. The Morgan fingerprint density at radius 3 is 2.06 bits per heavy atom. The zero-order chi connectivity index (χ0) is 24.3. The first-order valence-corrected chi connectivity index (χ1v) is 11.5. The Labute approximate surface area is 204 Å². The number of rotatable bonds is 11. The third kappa shape index (κ3) is 7.30. The summed E-state index contributed by atoms with van der Waals surface area (Å²) in [5.41, 5.74) is 2.81. The molecule has 1 aromatic heterocycles. The highest BCUT2D eigenvalue weighted by molar-refractivity contribution is 5.90. The maximum absolute atomic E-state index is 12.6. The number of aromatic nitrogens is 2. The van der Waals surface area contributed by atoms with Crippen molar-refractivity contribution in [1.82, 2.24) is 15.1 Å². The van der Waals surface area contributed by atoms with Gasteiger partial charge in [-0.05, 0) is 23.3 Å². The van der Waals surface area contributed by atoms with Gasteiger partial charge in [-0.2, -0.15) is 5.10 Å². The van der Waals surface area contributed by atoms with Crippen LogP contribution in [0.1, 0.15) is 23.5 Å². The molecule has 0 saturated carbocycles. The number of nitrogens with zero attached hydrogens (tertiary/aromatic N) is 2. The third-order valence-corrected chi connectivity index (χ3v) is 5.47. The fourth-order valence-corrected chi connectivity index (χ4v) is 3.73. The number of nitrogens with one attached hydrogen (secondary N) is 2. The molecule has 0 fully saturated rings. The van der Waals surface area contributed by atoms with Gasteiger partial charge in [0.2, 0.25) is 11.8 Å². The molecule has 1 heterocycles. The fraction of sp³-hybridized carbons (Fsp3) is 0.179. The van der Waals surface area contributed by atoms with Crippen LogP contribution in [-0.4, -0.2) is 34.7 Å². The first-order chi connectivity index (χ1) is 17.2. The minimum absolute atomic E-state index is 0.0481. The van der Waals surface area contributed by atoms with E-state index in [9.17, 15) is 9.59 Å². The van der Waals surface area contributed by atoms with Crippen LogP contribution in [0.3, 0.4) is 0 Å². The largest absolute Gasteiger partial charge is 0.493 e. The topological polar surface area (TPSA) is 85.2 Å². The van der Waals surface area contributed by atoms with Crippen molar-refractivity contribution in [1.29, 1.82) is 0 Å². The first-order valence-electron chi connectivity index (χ1n) is 11.5. The Balaban J connectivity index is 1.25. The van der Waals surface area contributed by atoms with Gasteiger partial charge in [-0.3, -0.25) is 14.3 Å². The van der Waals surface area contributed by atoms with Crippen molar-refractivity contribution in [3.8, 4) is 5.75 Å². The fourth-order valence-electron chi connectivity index (χ4n) is 3.73. The van der Waals surface area contributed by atoms with Gasteiger partial charge in [0.25, 0.3) is 0 Å². The van der Waals surface area contributed by atoms with Gasteiger partial charge in [-0.1, -0.05) is 78.9 Å². The number of hydrogen-bond acceptors (Lipinski definition) is 4. The molecule has 0 aliphatic heterocycles. The molecule has 0 radical (unpaired) electrons. The van der Waals surface area contributed by atoms with Gasteiger partial charge < -0.3 is 15.4 Å². The lowest BCUT2D eigenvalue weighted by Gasteiger charge is -2.19. The van der Waals surface area contributed by atoms with Gasteiger partial charge >= 0.3 is 0 Å². The molecular weight excluding hydrogens is 440 g/mol. The van der Waals surface area contributed by atoms with Crippen LogP contribution in [0.15, 0.2) is 103 Å². The van der Waals surface area contributed by atoms with E-state index in [0.717, 1.165) is 16.9 Å². The van der Waals surface area contributed by atoms with Crippen LogP contribution < -0.4 is 15.4 Å². The van der Waals surface area contributed by atoms with Crippen molar-refractivity contribution >= 4 is 17.5 Å². The number of carbonyl (C=O) groups excluding carboxylic acids is 2. The predicted molar refractivity (Wildman–Crippen MR) is 135 cm³/mol. The standard InChI is InChI=1S/C28H28N4O3/c33-27(16-17-35-25-14-8-3-9-15-25)31-24-18-30-32(20-24)21-28(34)29-19-26(22-10-4-1-5-11-22)23-12-6-2-7-13-23/h1-15,18,20,26H,16-17,19,21H2,(H,29,34)(H,31,33). The number of hydrogen-bond donors (Lipinski definition) is 2. The SMILES string of the molecule is O=C(Cn1cc(NC(=O)CCOc2ccccc2)cn1)NCC(c1ccccc1)c1ccccc1. The molecule has 0 spiro atoms. The quantitative estimate of drug-likeness (QED) is 0.345. The summed E-state index contributed by atoms with van der Waals surface area (Å²) in [6.45, 7) is 0.804. The van der Waals surface area contributed by atoms with E-state index in [0.29, 0.717) is 12.2 Å². The predicted octanol–water partition coefficient (Wildman–Crippen LogP) is 4.24. The van der Waals surface area contributed by atoms with Crippen molar-refractivity contribution in [3.05, 3.63) is 115 Å². The van der Waals surface area contributed by atoms with E-state index in [1.54, 1.807) is 6.20 Å². The van der Waals surface area contributed by atoms with Crippen molar-refractivity contribution < 1.29 is 14.3 Å². The summed E-state index contributed by atoms with van der Waals surface area (Å²) in [5.74, 6) is 0.436. The number of para-hydroxylation sites is 1. The van der Waals surface area contributed by atoms with Crippen LogP contribution >= 0.6 is 0 Å². The summed E-state index contributed by atoms with van der Waals surface area (Å²) in [6.07, 6.45) is 3.38.